The van der Waals surface area contributed by atoms with Gasteiger partial charge in [-0.25, -0.2) is 9.97 Å². The Kier molecular flexibility index (Phi) is 3.90. The molecule has 28 heavy (non-hydrogen) atoms. The monoisotopic (exact) mass is 385 g/mol. The lowest BCUT2D eigenvalue weighted by molar-refractivity contribution is -0.136. The van der Waals surface area contributed by atoms with E-state index in [1.54, 1.807) is 10.5 Å². The quantitative estimate of drug-likeness (QED) is 0.541. The van der Waals surface area contributed by atoms with Crippen molar-refractivity contribution in [2.75, 3.05) is 31.1 Å². The molecule has 1 N–H and O–H groups in total. The van der Waals surface area contributed by atoms with Crippen molar-refractivity contribution in [1.82, 2.24) is 19.7 Å². The standard InChI is InChI=1S/C20H18F3N5/c21-20(22,23)14-12-18(27-10-3-8-24-9-11-27)26-19-13(14)6-7-17-25-15-4-1-2-5-16(15)28(17)19/h1-2,4-7,12,24H,3,8-11H2. The smallest absolute Gasteiger partial charge is 0.355 e. The molecule has 1 aromatic carbocycles. The Morgan fingerprint density at radius 1 is 0.964 bits per heavy atom. The van der Waals surface area contributed by atoms with Crippen LogP contribution in [0.3, 0.4) is 0 Å². The van der Waals surface area contributed by atoms with Crippen molar-refractivity contribution in [2.24, 2.45) is 0 Å². The Labute approximate surface area is 158 Å². The summed E-state index contributed by atoms with van der Waals surface area (Å²) in [5.74, 6) is 0.355. The van der Waals surface area contributed by atoms with Crippen LogP contribution in [0.25, 0.3) is 27.7 Å². The van der Waals surface area contributed by atoms with Crippen LogP contribution in [-0.2, 0) is 6.18 Å². The maximum Gasteiger partial charge on any atom is 0.417 e. The van der Waals surface area contributed by atoms with Crippen LogP contribution in [0.4, 0.5) is 19.0 Å². The third kappa shape index (κ3) is 2.75. The Morgan fingerprint density at radius 3 is 2.68 bits per heavy atom. The van der Waals surface area contributed by atoms with Gasteiger partial charge in [0.2, 0.25) is 0 Å². The number of fused-ring (bicyclic) bond motifs is 5. The lowest BCUT2D eigenvalue weighted by atomic mass is 10.1. The molecule has 0 unspecified atom stereocenters. The van der Waals surface area contributed by atoms with Crippen LogP contribution >= 0.6 is 0 Å². The molecular weight excluding hydrogens is 367 g/mol. The van der Waals surface area contributed by atoms with Gasteiger partial charge in [-0.3, -0.25) is 4.40 Å². The van der Waals surface area contributed by atoms with Crippen molar-refractivity contribution in [3.63, 3.8) is 0 Å². The number of alkyl halides is 3. The Hall–Kier alpha value is -2.87. The predicted molar refractivity (Wildman–Crippen MR) is 103 cm³/mol. The summed E-state index contributed by atoms with van der Waals surface area (Å²) in [6.07, 6.45) is -3.61. The van der Waals surface area contributed by atoms with Crippen LogP contribution in [-0.4, -0.2) is 40.5 Å². The lowest BCUT2D eigenvalue weighted by Gasteiger charge is -2.23. The van der Waals surface area contributed by atoms with Gasteiger partial charge in [0.15, 0.2) is 0 Å². The Balaban J connectivity index is 1.85. The second-order valence-electron chi connectivity index (χ2n) is 6.98. The van der Waals surface area contributed by atoms with E-state index in [-0.39, 0.29) is 11.0 Å². The molecule has 5 nitrogen and oxygen atoms in total. The molecule has 4 aromatic rings. The SMILES string of the molecule is FC(F)(F)c1cc(N2CCCNCC2)nc2c1ccc1nc3ccccc3n12. The normalized spacial score (nSPS) is 16.2. The second kappa shape index (κ2) is 6.34. The first kappa shape index (κ1) is 17.2. The summed E-state index contributed by atoms with van der Waals surface area (Å²) < 4.78 is 43.4. The highest BCUT2D eigenvalue weighted by atomic mass is 19.4. The molecule has 144 valence electrons. The van der Waals surface area contributed by atoms with Gasteiger partial charge in [0.1, 0.15) is 17.1 Å². The molecule has 1 saturated heterocycles. The number of aromatic nitrogens is 3. The van der Waals surface area contributed by atoms with Crippen LogP contribution < -0.4 is 10.2 Å². The molecule has 0 amide bonds. The number of hydrogen-bond acceptors (Lipinski definition) is 4. The molecule has 0 saturated carbocycles. The largest absolute Gasteiger partial charge is 0.417 e. The van der Waals surface area contributed by atoms with E-state index < -0.39 is 11.7 Å². The zero-order valence-electron chi connectivity index (χ0n) is 15.0. The molecule has 0 atom stereocenters. The van der Waals surface area contributed by atoms with Crippen molar-refractivity contribution in [1.29, 1.82) is 0 Å². The van der Waals surface area contributed by atoms with E-state index in [0.29, 0.717) is 24.6 Å². The first-order valence-electron chi connectivity index (χ1n) is 9.26. The molecule has 0 spiro atoms. The number of rotatable bonds is 1. The number of halogens is 3. The highest BCUT2D eigenvalue weighted by Crippen LogP contribution is 2.37. The number of anilines is 1. The summed E-state index contributed by atoms with van der Waals surface area (Å²) in [6.45, 7) is 2.87. The molecular formula is C20H18F3N5. The van der Waals surface area contributed by atoms with Gasteiger partial charge >= 0.3 is 6.18 Å². The van der Waals surface area contributed by atoms with Crippen molar-refractivity contribution in [3.05, 3.63) is 48.0 Å². The number of nitrogens with one attached hydrogen (secondary N) is 1. The van der Waals surface area contributed by atoms with E-state index in [1.807, 2.05) is 29.2 Å². The van der Waals surface area contributed by atoms with Crippen molar-refractivity contribution >= 4 is 33.5 Å². The van der Waals surface area contributed by atoms with Gasteiger partial charge in [-0.15, -0.1) is 0 Å². The fraction of sp³-hybridized carbons (Fsp3) is 0.300. The average Bonchev–Trinajstić information content (AvgIpc) is 2.85. The average molecular weight is 385 g/mol. The summed E-state index contributed by atoms with van der Waals surface area (Å²) in [5, 5.41) is 3.35. The fourth-order valence-electron chi connectivity index (χ4n) is 3.87. The van der Waals surface area contributed by atoms with Gasteiger partial charge in [-0.1, -0.05) is 12.1 Å². The molecule has 3 aromatic heterocycles. The number of nitrogens with zero attached hydrogens (tertiary/aromatic N) is 4. The van der Waals surface area contributed by atoms with Crippen molar-refractivity contribution < 1.29 is 13.2 Å². The highest BCUT2D eigenvalue weighted by molar-refractivity contribution is 5.91. The van der Waals surface area contributed by atoms with E-state index >= 15 is 0 Å². The van der Waals surface area contributed by atoms with Crippen LogP contribution in [0.1, 0.15) is 12.0 Å². The molecule has 0 radical (unpaired) electrons. The van der Waals surface area contributed by atoms with Gasteiger partial charge in [-0.2, -0.15) is 13.2 Å². The predicted octanol–water partition coefficient (Wildman–Crippen LogP) is 3.85. The first-order valence-corrected chi connectivity index (χ1v) is 9.26. The van der Waals surface area contributed by atoms with Crippen LogP contribution in [0.2, 0.25) is 0 Å². The summed E-state index contributed by atoms with van der Waals surface area (Å²) >= 11 is 0. The van der Waals surface area contributed by atoms with Crippen LogP contribution in [0, 0.1) is 0 Å². The zero-order chi connectivity index (χ0) is 19.3. The number of para-hydroxylation sites is 2. The maximum absolute atomic E-state index is 13.9. The molecule has 1 aliphatic rings. The second-order valence-corrected chi connectivity index (χ2v) is 6.98. The highest BCUT2D eigenvalue weighted by Gasteiger charge is 2.34. The summed E-state index contributed by atoms with van der Waals surface area (Å²) in [7, 11) is 0. The summed E-state index contributed by atoms with van der Waals surface area (Å²) in [4.78, 5) is 11.1. The molecule has 0 aliphatic carbocycles. The topological polar surface area (TPSA) is 45.5 Å². The molecule has 8 heteroatoms. The van der Waals surface area contributed by atoms with Gasteiger partial charge in [0.25, 0.3) is 0 Å². The van der Waals surface area contributed by atoms with Gasteiger partial charge in [0, 0.05) is 25.0 Å². The van der Waals surface area contributed by atoms with Crippen molar-refractivity contribution in [2.45, 2.75) is 12.6 Å². The van der Waals surface area contributed by atoms with E-state index in [0.717, 1.165) is 30.5 Å². The van der Waals surface area contributed by atoms with Crippen LogP contribution in [0.5, 0.6) is 0 Å². The third-order valence-electron chi connectivity index (χ3n) is 5.19. The minimum Gasteiger partial charge on any atom is -0.355 e. The number of imidazole rings is 1. The minimum absolute atomic E-state index is 0.0832. The van der Waals surface area contributed by atoms with Gasteiger partial charge < -0.3 is 10.2 Å². The van der Waals surface area contributed by atoms with E-state index in [4.69, 9.17) is 0 Å². The van der Waals surface area contributed by atoms with Gasteiger partial charge in [0.05, 0.1) is 16.6 Å². The third-order valence-corrected chi connectivity index (χ3v) is 5.19. The molecule has 1 fully saturated rings. The molecule has 5 rings (SSSR count). The molecule has 4 heterocycles. The number of pyridine rings is 2. The summed E-state index contributed by atoms with van der Waals surface area (Å²) in [6, 6.07) is 11.7. The van der Waals surface area contributed by atoms with Crippen LogP contribution in [0.15, 0.2) is 42.5 Å². The maximum atomic E-state index is 13.9. The number of hydrogen-bond donors (Lipinski definition) is 1. The van der Waals surface area contributed by atoms with Crippen molar-refractivity contribution in [3.8, 4) is 0 Å². The molecule has 1 aliphatic heterocycles. The first-order chi connectivity index (χ1) is 13.5. The van der Waals surface area contributed by atoms with Gasteiger partial charge in [-0.05, 0) is 43.3 Å². The number of benzene rings is 1. The van der Waals surface area contributed by atoms with E-state index in [1.165, 1.54) is 12.1 Å². The summed E-state index contributed by atoms with van der Waals surface area (Å²) in [5.41, 5.74) is 1.69. The zero-order valence-corrected chi connectivity index (χ0v) is 15.0. The lowest BCUT2D eigenvalue weighted by Crippen LogP contribution is -2.29. The minimum atomic E-state index is -4.47. The Morgan fingerprint density at radius 2 is 1.82 bits per heavy atom. The fourth-order valence-corrected chi connectivity index (χ4v) is 3.87. The Bertz CT molecular complexity index is 1170. The van der Waals surface area contributed by atoms with E-state index in [2.05, 4.69) is 15.3 Å². The molecule has 0 bridgehead atoms. The van der Waals surface area contributed by atoms with E-state index in [9.17, 15) is 13.2 Å².